The number of carbonyl (C=O) groups is 1. The number of Topliss-reactive ketones (excluding diaryl/α,β-unsaturated/α-hetero) is 1. The summed E-state index contributed by atoms with van der Waals surface area (Å²) in [7, 11) is 1.63. The van der Waals surface area contributed by atoms with E-state index in [1.54, 1.807) is 7.11 Å². The van der Waals surface area contributed by atoms with Gasteiger partial charge in [0.05, 0.1) is 19.3 Å². The van der Waals surface area contributed by atoms with Gasteiger partial charge < -0.3 is 14.2 Å². The second-order valence-corrected chi connectivity index (χ2v) is 6.07. The first-order valence-corrected chi connectivity index (χ1v) is 7.54. The van der Waals surface area contributed by atoms with Crippen LogP contribution in [0, 0.1) is 12.8 Å². The lowest BCUT2D eigenvalue weighted by Gasteiger charge is -2.36. The lowest BCUT2D eigenvalue weighted by atomic mass is 9.81. The van der Waals surface area contributed by atoms with Crippen molar-refractivity contribution in [1.82, 2.24) is 0 Å². The van der Waals surface area contributed by atoms with Crippen molar-refractivity contribution in [1.29, 1.82) is 0 Å². The molecule has 3 rings (SSSR count). The van der Waals surface area contributed by atoms with Gasteiger partial charge in [-0.3, -0.25) is 4.79 Å². The Morgan fingerprint density at radius 3 is 2.95 bits per heavy atom. The van der Waals surface area contributed by atoms with E-state index in [9.17, 15) is 4.79 Å². The molecule has 2 atom stereocenters. The van der Waals surface area contributed by atoms with Crippen molar-refractivity contribution in [3.63, 3.8) is 0 Å². The molecular formula is C17H22O4. The molecular weight excluding hydrogens is 268 g/mol. The van der Waals surface area contributed by atoms with E-state index in [1.165, 1.54) is 0 Å². The zero-order chi connectivity index (χ0) is 14.9. The third-order valence-electron chi connectivity index (χ3n) is 4.62. The molecule has 4 heteroatoms. The largest absolute Gasteiger partial charge is 0.496 e. The molecule has 1 aromatic carbocycles. The molecule has 0 radical (unpaired) electrons. The number of ether oxygens (including phenoxy) is 3. The number of aryl methyl sites for hydroxylation is 1. The van der Waals surface area contributed by atoms with Crippen molar-refractivity contribution >= 4 is 5.78 Å². The Kier molecular flexibility index (Phi) is 4.00. The Labute approximate surface area is 125 Å². The zero-order valence-corrected chi connectivity index (χ0v) is 12.7. The maximum Gasteiger partial charge on any atom is 0.166 e. The highest BCUT2D eigenvalue weighted by Crippen LogP contribution is 2.37. The van der Waals surface area contributed by atoms with Crippen LogP contribution >= 0.6 is 0 Å². The number of carbonyl (C=O) groups excluding carboxylic acids is 1. The average Bonchev–Trinajstić information content (AvgIpc) is 2.95. The number of benzene rings is 1. The summed E-state index contributed by atoms with van der Waals surface area (Å²) < 4.78 is 16.7. The van der Waals surface area contributed by atoms with Gasteiger partial charge in [-0.2, -0.15) is 0 Å². The predicted molar refractivity (Wildman–Crippen MR) is 78.9 cm³/mol. The van der Waals surface area contributed by atoms with Crippen LogP contribution in [0.25, 0.3) is 0 Å². The molecule has 114 valence electrons. The molecule has 1 aromatic rings. The van der Waals surface area contributed by atoms with Crippen LogP contribution in [0.15, 0.2) is 18.2 Å². The molecule has 0 N–H and O–H groups in total. The first kappa shape index (κ1) is 14.5. The van der Waals surface area contributed by atoms with E-state index >= 15 is 0 Å². The normalized spacial score (nSPS) is 28.8. The first-order valence-electron chi connectivity index (χ1n) is 7.54. The summed E-state index contributed by atoms with van der Waals surface area (Å²) in [6.07, 6.45) is 2.45. The molecule has 2 heterocycles. The molecule has 21 heavy (non-hydrogen) atoms. The van der Waals surface area contributed by atoms with Crippen LogP contribution in [0.1, 0.15) is 35.2 Å². The van der Waals surface area contributed by atoms with Crippen molar-refractivity contribution in [2.75, 3.05) is 26.9 Å². The minimum absolute atomic E-state index is 0.0212. The van der Waals surface area contributed by atoms with Gasteiger partial charge in [0, 0.05) is 31.1 Å². The van der Waals surface area contributed by atoms with E-state index in [1.807, 2.05) is 25.1 Å². The molecule has 4 nitrogen and oxygen atoms in total. The van der Waals surface area contributed by atoms with Crippen LogP contribution in [0.4, 0.5) is 0 Å². The van der Waals surface area contributed by atoms with Crippen LogP contribution in [-0.4, -0.2) is 38.3 Å². The fraction of sp³-hybridized carbons (Fsp3) is 0.588. The summed E-state index contributed by atoms with van der Waals surface area (Å²) >= 11 is 0. The fourth-order valence-electron chi connectivity index (χ4n) is 3.32. The van der Waals surface area contributed by atoms with Gasteiger partial charge in [0.15, 0.2) is 5.78 Å². The fourth-order valence-corrected chi connectivity index (χ4v) is 3.32. The average molecular weight is 290 g/mol. The highest BCUT2D eigenvalue weighted by atomic mass is 16.6. The van der Waals surface area contributed by atoms with Gasteiger partial charge >= 0.3 is 0 Å². The lowest BCUT2D eigenvalue weighted by molar-refractivity contribution is -0.0920. The van der Waals surface area contributed by atoms with Crippen molar-refractivity contribution < 1.29 is 19.0 Å². The molecule has 2 aliphatic heterocycles. The van der Waals surface area contributed by atoms with Gasteiger partial charge in [-0.15, -0.1) is 0 Å². The maximum absolute atomic E-state index is 12.8. The standard InChI is InChI=1S/C17H22O4/c1-12-3-4-13(9-15(12)19-2)16(18)14-5-7-21-17(10-14)6-8-20-11-17/h3-4,9,14H,5-8,10-11H2,1-2H3. The highest BCUT2D eigenvalue weighted by molar-refractivity contribution is 5.98. The van der Waals surface area contributed by atoms with E-state index in [-0.39, 0.29) is 17.3 Å². The topological polar surface area (TPSA) is 44.8 Å². The molecule has 2 unspecified atom stereocenters. The first-order chi connectivity index (χ1) is 10.1. The monoisotopic (exact) mass is 290 g/mol. The van der Waals surface area contributed by atoms with Gasteiger partial charge in [-0.25, -0.2) is 0 Å². The molecule has 2 saturated heterocycles. The number of hydrogen-bond donors (Lipinski definition) is 0. The number of hydrogen-bond acceptors (Lipinski definition) is 4. The Morgan fingerprint density at radius 1 is 1.38 bits per heavy atom. The van der Waals surface area contributed by atoms with Gasteiger partial charge in [0.1, 0.15) is 5.75 Å². The third kappa shape index (κ3) is 2.83. The lowest BCUT2D eigenvalue weighted by Crippen LogP contribution is -2.42. The minimum atomic E-state index is -0.229. The third-order valence-corrected chi connectivity index (χ3v) is 4.62. The van der Waals surface area contributed by atoms with Crippen molar-refractivity contribution in [2.45, 2.75) is 31.8 Å². The molecule has 0 bridgehead atoms. The Bertz CT molecular complexity index is 532. The zero-order valence-electron chi connectivity index (χ0n) is 12.7. The van der Waals surface area contributed by atoms with E-state index in [2.05, 4.69) is 0 Å². The van der Waals surface area contributed by atoms with Crippen LogP contribution < -0.4 is 4.74 Å². The van der Waals surface area contributed by atoms with E-state index in [4.69, 9.17) is 14.2 Å². The molecule has 0 saturated carbocycles. The van der Waals surface area contributed by atoms with Crippen LogP contribution in [0.3, 0.4) is 0 Å². The van der Waals surface area contributed by atoms with Crippen LogP contribution in [-0.2, 0) is 9.47 Å². The predicted octanol–water partition coefficient (Wildman–Crippen LogP) is 2.77. The van der Waals surface area contributed by atoms with E-state index in [0.717, 1.165) is 42.7 Å². The maximum atomic E-state index is 12.8. The second kappa shape index (κ2) is 5.78. The van der Waals surface area contributed by atoms with Crippen LogP contribution in [0.2, 0.25) is 0 Å². The smallest absolute Gasteiger partial charge is 0.166 e. The van der Waals surface area contributed by atoms with Gasteiger partial charge in [0.2, 0.25) is 0 Å². The summed E-state index contributed by atoms with van der Waals surface area (Å²) in [5.41, 5.74) is 1.55. The Balaban J connectivity index is 1.78. The quantitative estimate of drug-likeness (QED) is 0.803. The summed E-state index contributed by atoms with van der Waals surface area (Å²) in [6.45, 7) is 3.97. The molecule has 2 fully saturated rings. The molecule has 0 amide bonds. The van der Waals surface area contributed by atoms with Crippen molar-refractivity contribution in [3.05, 3.63) is 29.3 Å². The number of rotatable bonds is 3. The van der Waals surface area contributed by atoms with Crippen molar-refractivity contribution in [2.24, 2.45) is 5.92 Å². The Hall–Kier alpha value is -1.39. The van der Waals surface area contributed by atoms with E-state index in [0.29, 0.717) is 13.2 Å². The van der Waals surface area contributed by atoms with Gasteiger partial charge in [0.25, 0.3) is 0 Å². The number of methoxy groups -OCH3 is 1. The van der Waals surface area contributed by atoms with Gasteiger partial charge in [-0.1, -0.05) is 12.1 Å². The van der Waals surface area contributed by atoms with E-state index < -0.39 is 0 Å². The molecule has 2 aliphatic rings. The highest BCUT2D eigenvalue weighted by Gasteiger charge is 2.43. The summed E-state index contributed by atoms with van der Waals surface area (Å²) in [4.78, 5) is 12.8. The summed E-state index contributed by atoms with van der Waals surface area (Å²) in [6, 6.07) is 5.69. The summed E-state index contributed by atoms with van der Waals surface area (Å²) in [5.74, 6) is 0.988. The number of ketones is 1. The minimum Gasteiger partial charge on any atom is -0.496 e. The molecule has 0 aliphatic carbocycles. The summed E-state index contributed by atoms with van der Waals surface area (Å²) in [5, 5.41) is 0. The second-order valence-electron chi connectivity index (χ2n) is 6.07. The van der Waals surface area contributed by atoms with Crippen LogP contribution in [0.5, 0.6) is 5.75 Å². The van der Waals surface area contributed by atoms with Gasteiger partial charge in [-0.05, 0) is 31.4 Å². The molecule has 0 aromatic heterocycles. The van der Waals surface area contributed by atoms with Crippen molar-refractivity contribution in [3.8, 4) is 5.75 Å². The Morgan fingerprint density at radius 2 is 2.24 bits per heavy atom. The molecule has 1 spiro atoms. The SMILES string of the molecule is COc1cc(C(=O)C2CCOC3(CCOC3)C2)ccc1C.